The van der Waals surface area contributed by atoms with Gasteiger partial charge in [-0.3, -0.25) is 24.3 Å². The fraction of sp³-hybridized carbons (Fsp3) is 0.438. The zero-order chi connectivity index (χ0) is 16.0. The highest BCUT2D eigenvalue weighted by Crippen LogP contribution is 2.37. The summed E-state index contributed by atoms with van der Waals surface area (Å²) in [7, 11) is 0. The Hall–Kier alpha value is -2.57. The van der Waals surface area contributed by atoms with Crippen LogP contribution in [0.25, 0.3) is 0 Å². The average Bonchev–Trinajstić information content (AvgIpc) is 2.80. The van der Waals surface area contributed by atoms with Crippen molar-refractivity contribution in [2.24, 2.45) is 11.8 Å². The minimum Gasteiger partial charge on any atom is -0.333 e. The molecular weight excluding hydrogens is 296 g/mol. The molecular formula is C16H16N4O3. The van der Waals surface area contributed by atoms with E-state index in [-0.39, 0.29) is 41.3 Å². The summed E-state index contributed by atoms with van der Waals surface area (Å²) in [6.07, 6.45) is 9.62. The van der Waals surface area contributed by atoms with Crippen LogP contribution in [0.5, 0.6) is 0 Å². The third-order valence-electron chi connectivity index (χ3n) is 4.84. The number of aromatic nitrogens is 2. The van der Waals surface area contributed by atoms with E-state index < -0.39 is 0 Å². The first-order chi connectivity index (χ1) is 11.2. The molecule has 7 heteroatoms. The van der Waals surface area contributed by atoms with Crippen molar-refractivity contribution in [3.8, 4) is 0 Å². The van der Waals surface area contributed by atoms with Crippen LogP contribution in [-0.2, 0) is 9.59 Å². The number of hydrogen-bond donors (Lipinski definition) is 0. The van der Waals surface area contributed by atoms with Gasteiger partial charge in [-0.15, -0.1) is 0 Å². The highest BCUT2D eigenvalue weighted by atomic mass is 16.2. The van der Waals surface area contributed by atoms with Gasteiger partial charge in [-0.05, 0) is 12.8 Å². The van der Waals surface area contributed by atoms with Gasteiger partial charge in [0, 0.05) is 25.5 Å². The Morgan fingerprint density at radius 3 is 2.26 bits per heavy atom. The van der Waals surface area contributed by atoms with Gasteiger partial charge in [0.1, 0.15) is 5.69 Å². The van der Waals surface area contributed by atoms with E-state index in [1.807, 2.05) is 12.2 Å². The molecule has 3 amide bonds. The van der Waals surface area contributed by atoms with Crippen molar-refractivity contribution in [1.29, 1.82) is 0 Å². The number of carbonyl (C=O) groups excluding carboxylic acids is 3. The molecule has 1 aromatic heterocycles. The Morgan fingerprint density at radius 2 is 1.70 bits per heavy atom. The summed E-state index contributed by atoms with van der Waals surface area (Å²) in [5.41, 5.74) is 0.280. The Kier molecular flexibility index (Phi) is 3.21. The van der Waals surface area contributed by atoms with Gasteiger partial charge in [0.25, 0.3) is 5.91 Å². The monoisotopic (exact) mass is 312 g/mol. The standard InChI is InChI=1S/C16H16N4O3/c21-14-11-3-1-2-4-12(11)15(22)20(14)10-8-19(9-10)16(23)13-7-17-5-6-18-13/h1-2,5-7,10-12H,3-4,8-9H2/t11-,12+. The molecule has 0 aromatic carbocycles. The van der Waals surface area contributed by atoms with Crippen molar-refractivity contribution in [3.63, 3.8) is 0 Å². The van der Waals surface area contributed by atoms with E-state index in [4.69, 9.17) is 0 Å². The Balaban J connectivity index is 1.43. The van der Waals surface area contributed by atoms with Crippen LogP contribution in [0.3, 0.4) is 0 Å². The first-order valence-electron chi connectivity index (χ1n) is 7.74. The molecule has 7 nitrogen and oxygen atoms in total. The first-order valence-corrected chi connectivity index (χ1v) is 7.74. The smallest absolute Gasteiger partial charge is 0.274 e. The quantitative estimate of drug-likeness (QED) is 0.577. The van der Waals surface area contributed by atoms with Gasteiger partial charge in [0.05, 0.1) is 24.1 Å². The van der Waals surface area contributed by atoms with Gasteiger partial charge < -0.3 is 4.90 Å². The van der Waals surface area contributed by atoms with Gasteiger partial charge in [-0.1, -0.05) is 12.2 Å². The van der Waals surface area contributed by atoms with E-state index in [1.165, 1.54) is 23.5 Å². The Morgan fingerprint density at radius 1 is 1.04 bits per heavy atom. The van der Waals surface area contributed by atoms with Crippen molar-refractivity contribution in [2.75, 3.05) is 13.1 Å². The minimum absolute atomic E-state index is 0.0825. The molecule has 4 rings (SSSR count). The van der Waals surface area contributed by atoms with Crippen molar-refractivity contribution in [2.45, 2.75) is 18.9 Å². The van der Waals surface area contributed by atoms with Crippen LogP contribution < -0.4 is 0 Å². The van der Waals surface area contributed by atoms with E-state index in [2.05, 4.69) is 9.97 Å². The second-order valence-electron chi connectivity index (χ2n) is 6.16. The fourth-order valence-electron chi connectivity index (χ4n) is 3.54. The van der Waals surface area contributed by atoms with Gasteiger partial charge in [-0.2, -0.15) is 0 Å². The van der Waals surface area contributed by atoms with Crippen LogP contribution in [0.1, 0.15) is 23.3 Å². The van der Waals surface area contributed by atoms with Crippen molar-refractivity contribution >= 4 is 17.7 Å². The molecule has 3 aliphatic rings. The Bertz CT molecular complexity index is 671. The molecule has 2 saturated heterocycles. The number of nitrogens with zero attached hydrogens (tertiary/aromatic N) is 4. The average molecular weight is 312 g/mol. The molecule has 0 saturated carbocycles. The third kappa shape index (κ3) is 2.15. The van der Waals surface area contributed by atoms with Gasteiger partial charge >= 0.3 is 0 Å². The molecule has 2 fully saturated rings. The SMILES string of the molecule is O=C(c1cnccn1)N1CC(N2C(=O)[C@H]3CC=CC[C@H]3C2=O)C1. The highest BCUT2D eigenvalue weighted by Gasteiger charge is 2.52. The molecule has 23 heavy (non-hydrogen) atoms. The number of fused-ring (bicyclic) bond motifs is 1. The number of imide groups is 1. The van der Waals surface area contributed by atoms with Crippen LogP contribution in [0.15, 0.2) is 30.7 Å². The molecule has 1 aliphatic carbocycles. The lowest BCUT2D eigenvalue weighted by Crippen LogP contribution is -2.62. The predicted octanol–water partition coefficient (Wildman–Crippen LogP) is 0.252. The maximum atomic E-state index is 12.5. The minimum atomic E-state index is -0.215. The summed E-state index contributed by atoms with van der Waals surface area (Å²) in [6.45, 7) is 0.750. The summed E-state index contributed by atoms with van der Waals surface area (Å²) in [5.74, 6) is -0.802. The second-order valence-corrected chi connectivity index (χ2v) is 6.16. The van der Waals surface area contributed by atoms with Crippen molar-refractivity contribution < 1.29 is 14.4 Å². The van der Waals surface area contributed by atoms with Crippen molar-refractivity contribution in [1.82, 2.24) is 19.8 Å². The lowest BCUT2D eigenvalue weighted by atomic mass is 9.85. The normalized spacial score (nSPS) is 27.1. The van der Waals surface area contributed by atoms with Crippen LogP contribution in [0.2, 0.25) is 0 Å². The molecule has 3 heterocycles. The molecule has 2 aliphatic heterocycles. The largest absolute Gasteiger partial charge is 0.333 e. The number of rotatable bonds is 2. The summed E-state index contributed by atoms with van der Waals surface area (Å²) in [5, 5.41) is 0. The lowest BCUT2D eigenvalue weighted by molar-refractivity contribution is -0.145. The molecule has 118 valence electrons. The summed E-state index contributed by atoms with van der Waals surface area (Å²) in [4.78, 5) is 48.0. The van der Waals surface area contributed by atoms with Gasteiger partial charge in [0.15, 0.2) is 0 Å². The van der Waals surface area contributed by atoms with Gasteiger partial charge in [0.2, 0.25) is 11.8 Å². The maximum Gasteiger partial charge on any atom is 0.274 e. The summed E-state index contributed by atoms with van der Waals surface area (Å²) < 4.78 is 0. The van der Waals surface area contributed by atoms with E-state index >= 15 is 0 Å². The number of likely N-dealkylation sites (tertiary alicyclic amines) is 2. The number of amides is 3. The fourth-order valence-corrected chi connectivity index (χ4v) is 3.54. The summed E-state index contributed by atoms with van der Waals surface area (Å²) in [6, 6.07) is -0.207. The van der Waals surface area contributed by atoms with E-state index in [9.17, 15) is 14.4 Å². The number of hydrogen-bond acceptors (Lipinski definition) is 5. The maximum absolute atomic E-state index is 12.5. The molecule has 0 spiro atoms. The second kappa shape index (κ2) is 5.26. The zero-order valence-corrected chi connectivity index (χ0v) is 12.5. The molecule has 1 aromatic rings. The molecule has 0 radical (unpaired) electrons. The van der Waals surface area contributed by atoms with Crippen LogP contribution >= 0.6 is 0 Å². The van der Waals surface area contributed by atoms with Gasteiger partial charge in [-0.25, -0.2) is 4.98 Å². The highest BCUT2D eigenvalue weighted by molar-refractivity contribution is 6.06. The number of carbonyl (C=O) groups is 3. The van der Waals surface area contributed by atoms with Crippen LogP contribution in [-0.4, -0.2) is 56.6 Å². The Labute approximate surface area is 133 Å². The molecule has 0 unspecified atom stereocenters. The molecule has 2 atom stereocenters. The van der Waals surface area contributed by atoms with E-state index in [0.29, 0.717) is 25.9 Å². The molecule has 0 bridgehead atoms. The summed E-state index contributed by atoms with van der Waals surface area (Å²) >= 11 is 0. The lowest BCUT2D eigenvalue weighted by Gasteiger charge is -2.42. The zero-order valence-electron chi connectivity index (χ0n) is 12.5. The van der Waals surface area contributed by atoms with Crippen molar-refractivity contribution in [3.05, 3.63) is 36.4 Å². The van der Waals surface area contributed by atoms with E-state index in [0.717, 1.165) is 0 Å². The third-order valence-corrected chi connectivity index (χ3v) is 4.84. The first kappa shape index (κ1) is 14.0. The predicted molar refractivity (Wildman–Crippen MR) is 78.9 cm³/mol. The molecule has 0 N–H and O–H groups in total. The number of allylic oxidation sites excluding steroid dienone is 2. The van der Waals surface area contributed by atoms with E-state index in [1.54, 1.807) is 4.90 Å². The topological polar surface area (TPSA) is 83.5 Å². The van der Waals surface area contributed by atoms with Crippen LogP contribution in [0.4, 0.5) is 0 Å². The van der Waals surface area contributed by atoms with Crippen LogP contribution in [0, 0.1) is 11.8 Å².